The molecule has 1 aliphatic rings. The Morgan fingerprint density at radius 2 is 2.15 bits per heavy atom. The number of benzene rings is 1. The van der Waals surface area contributed by atoms with E-state index in [0.29, 0.717) is 18.4 Å². The van der Waals surface area contributed by atoms with Gasteiger partial charge in [0.1, 0.15) is 18.4 Å². The first-order valence-corrected chi connectivity index (χ1v) is 6.58. The Balaban J connectivity index is 2.11. The number of carbonyl (C=O) groups is 2. The first-order valence-electron chi connectivity index (χ1n) is 6.58. The monoisotopic (exact) mass is 275 g/mol. The summed E-state index contributed by atoms with van der Waals surface area (Å²) in [5.74, 6) is -0.675. The maximum Gasteiger partial charge on any atom is 0.326 e. The molecule has 0 fully saturated rings. The minimum absolute atomic E-state index is 0.154. The van der Waals surface area contributed by atoms with Crippen LogP contribution in [0.2, 0.25) is 0 Å². The van der Waals surface area contributed by atoms with E-state index in [-0.39, 0.29) is 12.5 Å². The molecule has 1 heterocycles. The van der Waals surface area contributed by atoms with Gasteiger partial charge in [0.25, 0.3) is 5.91 Å². The van der Waals surface area contributed by atoms with Gasteiger partial charge in [-0.1, -0.05) is 31.5 Å². The van der Waals surface area contributed by atoms with Crippen molar-refractivity contribution < 1.29 is 19.4 Å². The number of carbonyl (C=O) groups excluding carboxylic acids is 1. The molecule has 5 nitrogen and oxygen atoms in total. The second-order valence-electron chi connectivity index (χ2n) is 4.65. The summed E-state index contributed by atoms with van der Waals surface area (Å²) >= 11 is 0. The SMILES string of the molecule is CCCC(NC(=O)C1=Cc2ccccc2OC1)C(=O)O. The molecular weight excluding hydrogens is 258 g/mol. The maximum atomic E-state index is 12.1. The molecule has 2 rings (SSSR count). The van der Waals surface area contributed by atoms with Crippen molar-refractivity contribution in [2.75, 3.05) is 6.61 Å². The van der Waals surface area contributed by atoms with Crippen LogP contribution in [-0.4, -0.2) is 29.6 Å². The summed E-state index contributed by atoms with van der Waals surface area (Å²) in [7, 11) is 0. The van der Waals surface area contributed by atoms with Gasteiger partial charge in [-0.2, -0.15) is 0 Å². The predicted octanol–water partition coefficient (Wildman–Crippen LogP) is 1.83. The Hall–Kier alpha value is -2.30. The Morgan fingerprint density at radius 1 is 1.40 bits per heavy atom. The second-order valence-corrected chi connectivity index (χ2v) is 4.65. The maximum absolute atomic E-state index is 12.1. The topological polar surface area (TPSA) is 75.6 Å². The number of aliphatic carboxylic acids is 1. The first kappa shape index (κ1) is 14.1. The molecule has 0 saturated carbocycles. The highest BCUT2D eigenvalue weighted by Gasteiger charge is 2.23. The number of carboxylic acids is 1. The Bertz CT molecular complexity index is 551. The third-order valence-corrected chi connectivity index (χ3v) is 3.10. The molecule has 1 aromatic rings. The fourth-order valence-electron chi connectivity index (χ4n) is 2.04. The molecule has 0 aromatic heterocycles. The zero-order valence-corrected chi connectivity index (χ0v) is 11.3. The standard InChI is InChI=1S/C15H17NO4/c1-2-5-12(15(18)19)16-14(17)11-8-10-6-3-4-7-13(10)20-9-11/h3-4,6-8,12H,2,5,9H2,1H3,(H,16,17)(H,18,19). The van der Waals surface area contributed by atoms with Gasteiger partial charge in [0.15, 0.2) is 0 Å². The van der Waals surface area contributed by atoms with Gasteiger partial charge < -0.3 is 15.2 Å². The number of fused-ring (bicyclic) bond motifs is 1. The lowest BCUT2D eigenvalue weighted by Crippen LogP contribution is -2.42. The van der Waals surface area contributed by atoms with Gasteiger partial charge in [-0.25, -0.2) is 4.79 Å². The molecule has 20 heavy (non-hydrogen) atoms. The lowest BCUT2D eigenvalue weighted by atomic mass is 10.1. The zero-order chi connectivity index (χ0) is 14.5. The third kappa shape index (κ3) is 3.17. The average Bonchev–Trinajstić information content (AvgIpc) is 2.46. The highest BCUT2D eigenvalue weighted by Crippen LogP contribution is 2.25. The molecule has 5 heteroatoms. The molecule has 106 valence electrons. The van der Waals surface area contributed by atoms with Gasteiger partial charge in [-0.15, -0.1) is 0 Å². The van der Waals surface area contributed by atoms with Crippen molar-refractivity contribution in [1.82, 2.24) is 5.32 Å². The van der Waals surface area contributed by atoms with Crippen LogP contribution in [0.25, 0.3) is 6.08 Å². The molecule has 0 aliphatic carbocycles. The number of ether oxygens (including phenoxy) is 1. The smallest absolute Gasteiger partial charge is 0.326 e. The molecule has 0 saturated heterocycles. The lowest BCUT2D eigenvalue weighted by molar-refractivity contribution is -0.141. The van der Waals surface area contributed by atoms with E-state index in [1.807, 2.05) is 31.2 Å². The summed E-state index contributed by atoms with van der Waals surface area (Å²) in [6.07, 6.45) is 2.83. The van der Waals surface area contributed by atoms with Crippen LogP contribution in [0.4, 0.5) is 0 Å². The molecule has 2 N–H and O–H groups in total. The van der Waals surface area contributed by atoms with Crippen molar-refractivity contribution in [2.45, 2.75) is 25.8 Å². The normalized spacial score (nSPS) is 14.6. The van der Waals surface area contributed by atoms with Gasteiger partial charge in [-0.05, 0) is 18.6 Å². The molecule has 0 radical (unpaired) electrons. The van der Waals surface area contributed by atoms with E-state index in [4.69, 9.17) is 9.84 Å². The van der Waals surface area contributed by atoms with E-state index in [1.54, 1.807) is 6.08 Å². The van der Waals surface area contributed by atoms with E-state index in [2.05, 4.69) is 5.32 Å². The first-order chi connectivity index (χ1) is 9.61. The molecule has 0 bridgehead atoms. The van der Waals surface area contributed by atoms with E-state index in [9.17, 15) is 9.59 Å². The summed E-state index contributed by atoms with van der Waals surface area (Å²) < 4.78 is 5.48. The summed E-state index contributed by atoms with van der Waals surface area (Å²) in [5, 5.41) is 11.6. The zero-order valence-electron chi connectivity index (χ0n) is 11.3. The van der Waals surface area contributed by atoms with Crippen LogP contribution in [0.3, 0.4) is 0 Å². The number of hydrogen-bond donors (Lipinski definition) is 2. The molecule has 1 aromatic carbocycles. The fraction of sp³-hybridized carbons (Fsp3) is 0.333. The average molecular weight is 275 g/mol. The van der Waals surface area contributed by atoms with Gasteiger partial charge in [-0.3, -0.25) is 4.79 Å². The minimum Gasteiger partial charge on any atom is -0.488 e. The van der Waals surface area contributed by atoms with Crippen molar-refractivity contribution in [3.05, 3.63) is 35.4 Å². The molecule has 0 spiro atoms. The van der Waals surface area contributed by atoms with Crippen molar-refractivity contribution in [3.63, 3.8) is 0 Å². The van der Waals surface area contributed by atoms with Crippen LogP contribution in [-0.2, 0) is 9.59 Å². The quantitative estimate of drug-likeness (QED) is 0.859. The molecule has 1 amide bonds. The summed E-state index contributed by atoms with van der Waals surface area (Å²) in [4.78, 5) is 23.1. The van der Waals surface area contributed by atoms with Gasteiger partial charge in [0, 0.05) is 5.56 Å². The van der Waals surface area contributed by atoms with E-state index >= 15 is 0 Å². The van der Waals surface area contributed by atoms with E-state index in [1.165, 1.54) is 0 Å². The number of amides is 1. The largest absolute Gasteiger partial charge is 0.488 e. The van der Waals surface area contributed by atoms with Crippen molar-refractivity contribution >= 4 is 18.0 Å². The van der Waals surface area contributed by atoms with Crippen LogP contribution in [0.15, 0.2) is 29.8 Å². The minimum atomic E-state index is -1.02. The molecule has 1 aliphatic heterocycles. The highest BCUT2D eigenvalue weighted by molar-refractivity contribution is 6.00. The van der Waals surface area contributed by atoms with Crippen LogP contribution in [0, 0.1) is 0 Å². The second kappa shape index (κ2) is 6.23. The van der Waals surface area contributed by atoms with Crippen molar-refractivity contribution in [3.8, 4) is 5.75 Å². The number of para-hydroxylation sites is 1. The fourth-order valence-corrected chi connectivity index (χ4v) is 2.04. The number of carboxylic acid groups (broad SMARTS) is 1. The van der Waals surface area contributed by atoms with Gasteiger partial charge in [0.05, 0.1) is 5.57 Å². The highest BCUT2D eigenvalue weighted by atomic mass is 16.5. The van der Waals surface area contributed by atoms with Crippen LogP contribution in [0.1, 0.15) is 25.3 Å². The van der Waals surface area contributed by atoms with Gasteiger partial charge >= 0.3 is 5.97 Å². The summed E-state index contributed by atoms with van der Waals surface area (Å²) in [5.41, 5.74) is 1.26. The number of nitrogens with one attached hydrogen (secondary N) is 1. The molecular formula is C15H17NO4. The molecule has 1 unspecified atom stereocenters. The van der Waals surface area contributed by atoms with E-state index < -0.39 is 12.0 Å². The number of hydrogen-bond acceptors (Lipinski definition) is 3. The van der Waals surface area contributed by atoms with Gasteiger partial charge in [0.2, 0.25) is 0 Å². The van der Waals surface area contributed by atoms with Crippen LogP contribution in [0.5, 0.6) is 5.75 Å². The predicted molar refractivity (Wildman–Crippen MR) is 74.4 cm³/mol. The van der Waals surface area contributed by atoms with Crippen LogP contribution >= 0.6 is 0 Å². The number of rotatable bonds is 5. The molecule has 1 atom stereocenters. The summed E-state index contributed by atoms with van der Waals surface area (Å²) in [6.45, 7) is 2.03. The van der Waals surface area contributed by atoms with Crippen molar-refractivity contribution in [2.24, 2.45) is 0 Å². The Kier molecular flexibility index (Phi) is 4.40. The Morgan fingerprint density at radius 3 is 2.85 bits per heavy atom. The Labute approximate surface area is 117 Å². The van der Waals surface area contributed by atoms with Crippen LogP contribution < -0.4 is 10.1 Å². The van der Waals surface area contributed by atoms with E-state index in [0.717, 1.165) is 11.3 Å². The summed E-state index contributed by atoms with van der Waals surface area (Å²) in [6, 6.07) is 6.54. The third-order valence-electron chi connectivity index (χ3n) is 3.10. The lowest BCUT2D eigenvalue weighted by Gasteiger charge is -2.19. The van der Waals surface area contributed by atoms with Crippen molar-refractivity contribution in [1.29, 1.82) is 0 Å².